The molecule has 1 N–H and O–H groups in total. The van der Waals surface area contributed by atoms with E-state index >= 15 is 0 Å². The van der Waals surface area contributed by atoms with Crippen molar-refractivity contribution in [3.8, 4) is 0 Å². The van der Waals surface area contributed by atoms with Crippen molar-refractivity contribution in [3.05, 3.63) is 62.5 Å². The molecule has 0 spiro atoms. The second-order valence-corrected chi connectivity index (χ2v) is 8.96. The predicted molar refractivity (Wildman–Crippen MR) is 117 cm³/mol. The van der Waals surface area contributed by atoms with Crippen molar-refractivity contribution in [2.75, 3.05) is 6.61 Å². The molecule has 0 fully saturated rings. The van der Waals surface area contributed by atoms with Gasteiger partial charge in [-0.1, -0.05) is 45.7 Å². The molecule has 1 aliphatic heterocycles. The molecule has 0 unspecified atom stereocenters. The van der Waals surface area contributed by atoms with E-state index in [-0.39, 0.29) is 17.9 Å². The van der Waals surface area contributed by atoms with Crippen LogP contribution in [0.2, 0.25) is 0 Å². The van der Waals surface area contributed by atoms with Crippen LogP contribution in [-0.4, -0.2) is 23.3 Å². The number of hydrogen-bond donors (Lipinski definition) is 1. The van der Waals surface area contributed by atoms with Gasteiger partial charge in [-0.25, -0.2) is 4.79 Å². The number of carbonyl (C=O) groups excluding carboxylic acids is 2. The molecule has 7 heteroatoms. The molecule has 7 nitrogen and oxygen atoms in total. The van der Waals surface area contributed by atoms with E-state index < -0.39 is 22.2 Å². The van der Waals surface area contributed by atoms with Crippen molar-refractivity contribution in [2.45, 2.75) is 65.7 Å². The van der Waals surface area contributed by atoms with Crippen molar-refractivity contribution in [3.63, 3.8) is 0 Å². The van der Waals surface area contributed by atoms with Gasteiger partial charge in [-0.2, -0.15) is 0 Å². The summed E-state index contributed by atoms with van der Waals surface area (Å²) >= 11 is 0. The maximum absolute atomic E-state index is 13.2. The van der Waals surface area contributed by atoms with E-state index in [9.17, 15) is 19.7 Å². The molecule has 2 aliphatic rings. The number of benzene rings is 1. The van der Waals surface area contributed by atoms with Gasteiger partial charge in [0.05, 0.1) is 17.1 Å². The quantitative estimate of drug-likeness (QED) is 0.287. The van der Waals surface area contributed by atoms with E-state index in [0.717, 1.165) is 30.5 Å². The van der Waals surface area contributed by atoms with Crippen molar-refractivity contribution >= 4 is 17.4 Å². The number of esters is 1. The molecule has 1 aromatic rings. The lowest BCUT2D eigenvalue weighted by Gasteiger charge is -2.43. The Morgan fingerprint density at radius 3 is 2.74 bits per heavy atom. The normalized spacial score (nSPS) is 20.3. The molecule has 0 amide bonds. The minimum Gasteiger partial charge on any atom is -0.462 e. The first-order valence-electron chi connectivity index (χ1n) is 10.8. The van der Waals surface area contributed by atoms with Crippen molar-refractivity contribution < 1.29 is 19.2 Å². The summed E-state index contributed by atoms with van der Waals surface area (Å²) in [6.45, 7) is 8.17. The Balaban J connectivity index is 2.10. The molecule has 1 aliphatic carbocycles. The topological polar surface area (TPSA) is 98.5 Å². The largest absolute Gasteiger partial charge is 0.462 e. The van der Waals surface area contributed by atoms with Gasteiger partial charge in [0.2, 0.25) is 0 Å². The summed E-state index contributed by atoms with van der Waals surface area (Å²) in [6.07, 6.45) is 3.41. The summed E-state index contributed by atoms with van der Waals surface area (Å²) in [5, 5.41) is 14.7. The van der Waals surface area contributed by atoms with E-state index in [2.05, 4.69) is 12.2 Å². The maximum Gasteiger partial charge on any atom is 0.336 e. The number of nitro groups is 1. The van der Waals surface area contributed by atoms with E-state index in [4.69, 9.17) is 4.74 Å². The van der Waals surface area contributed by atoms with E-state index in [1.54, 1.807) is 19.1 Å². The van der Waals surface area contributed by atoms with Gasteiger partial charge in [-0.15, -0.1) is 0 Å². The number of ketones is 1. The Morgan fingerprint density at radius 1 is 1.32 bits per heavy atom. The fourth-order valence-corrected chi connectivity index (χ4v) is 4.70. The van der Waals surface area contributed by atoms with Gasteiger partial charge in [0.25, 0.3) is 5.69 Å². The SMILES string of the molecule is CCCCCOC(=O)C1=C(C)NC2=C([C@@H]1c1cccc([N+](=O)[O-])c1)C(C)(C)CC(=O)C2. The minimum absolute atomic E-state index is 0.0313. The zero-order chi connectivity index (χ0) is 22.8. The van der Waals surface area contributed by atoms with Crippen molar-refractivity contribution in [1.29, 1.82) is 0 Å². The summed E-state index contributed by atoms with van der Waals surface area (Å²) in [6, 6.07) is 6.40. The molecule has 0 radical (unpaired) electrons. The fraction of sp³-hybridized carbons (Fsp3) is 0.500. The summed E-state index contributed by atoms with van der Waals surface area (Å²) in [4.78, 5) is 36.5. The van der Waals surface area contributed by atoms with E-state index in [1.807, 2.05) is 13.8 Å². The van der Waals surface area contributed by atoms with Gasteiger partial charge in [0.15, 0.2) is 0 Å². The molecule has 0 saturated heterocycles. The molecule has 0 bridgehead atoms. The molecule has 31 heavy (non-hydrogen) atoms. The standard InChI is InChI=1S/C24H30N2O5/c1-5-6-7-11-31-23(28)20-15(2)25-19-13-18(27)14-24(3,4)22(19)21(20)16-9-8-10-17(12-16)26(29)30/h8-10,12,21,25H,5-7,11,13-14H2,1-4H3/t21-/m1/s1. The number of nitro benzene ring substituents is 1. The zero-order valence-electron chi connectivity index (χ0n) is 18.6. The summed E-state index contributed by atoms with van der Waals surface area (Å²) in [7, 11) is 0. The molecule has 166 valence electrons. The van der Waals surface area contributed by atoms with Crippen LogP contribution in [0.3, 0.4) is 0 Å². The second-order valence-electron chi connectivity index (χ2n) is 8.96. The number of ether oxygens (including phenoxy) is 1. The highest BCUT2D eigenvalue weighted by Gasteiger charge is 2.45. The van der Waals surface area contributed by atoms with Crippen LogP contribution < -0.4 is 5.32 Å². The van der Waals surface area contributed by atoms with E-state index in [1.165, 1.54) is 12.1 Å². The second kappa shape index (κ2) is 9.04. The van der Waals surface area contributed by atoms with Gasteiger partial charge in [-0.05, 0) is 29.9 Å². The third-order valence-corrected chi connectivity index (χ3v) is 6.00. The highest BCUT2D eigenvalue weighted by atomic mass is 16.6. The van der Waals surface area contributed by atoms with Crippen LogP contribution >= 0.6 is 0 Å². The van der Waals surface area contributed by atoms with Gasteiger partial charge >= 0.3 is 5.97 Å². The van der Waals surface area contributed by atoms with Gasteiger partial charge in [0.1, 0.15) is 5.78 Å². The summed E-state index contributed by atoms with van der Waals surface area (Å²) in [5.41, 5.74) is 2.93. The molecule has 0 aromatic heterocycles. The van der Waals surface area contributed by atoms with Gasteiger partial charge < -0.3 is 10.1 Å². The Kier molecular flexibility index (Phi) is 6.62. The molecular formula is C24H30N2O5. The number of non-ortho nitro benzene ring substituents is 1. The highest BCUT2D eigenvalue weighted by Crippen LogP contribution is 2.51. The average Bonchev–Trinajstić information content (AvgIpc) is 2.69. The fourth-order valence-electron chi connectivity index (χ4n) is 4.70. The van der Waals surface area contributed by atoms with Crippen LogP contribution in [0.25, 0.3) is 0 Å². The lowest BCUT2D eigenvalue weighted by atomic mass is 9.64. The third-order valence-electron chi connectivity index (χ3n) is 6.00. The van der Waals surface area contributed by atoms with Crippen LogP contribution in [0.4, 0.5) is 5.69 Å². The lowest BCUT2D eigenvalue weighted by Crippen LogP contribution is -2.39. The predicted octanol–water partition coefficient (Wildman–Crippen LogP) is 4.93. The number of carbonyl (C=O) groups is 2. The number of dihydropyridines is 1. The molecular weight excluding hydrogens is 396 g/mol. The Bertz CT molecular complexity index is 974. The zero-order valence-corrected chi connectivity index (χ0v) is 18.6. The van der Waals surface area contributed by atoms with Crippen molar-refractivity contribution in [2.24, 2.45) is 5.41 Å². The van der Waals surface area contributed by atoms with Crippen molar-refractivity contribution in [1.82, 2.24) is 5.32 Å². The van der Waals surface area contributed by atoms with Crippen LogP contribution in [0.15, 0.2) is 46.8 Å². The molecule has 3 rings (SSSR count). The number of nitrogens with one attached hydrogen (secondary N) is 1. The number of nitrogens with zero attached hydrogens (tertiary/aromatic N) is 1. The van der Waals surface area contributed by atoms with Crippen LogP contribution in [-0.2, 0) is 14.3 Å². The van der Waals surface area contributed by atoms with Gasteiger partial charge in [-0.3, -0.25) is 14.9 Å². The molecule has 1 heterocycles. The minimum atomic E-state index is -0.502. The molecule has 1 aromatic carbocycles. The highest BCUT2D eigenvalue weighted by molar-refractivity contribution is 5.94. The molecule has 1 atom stereocenters. The first kappa shape index (κ1) is 22.7. The Hall–Kier alpha value is -2.96. The number of allylic oxidation sites excluding steroid dienone is 3. The first-order chi connectivity index (χ1) is 14.7. The monoisotopic (exact) mass is 426 g/mol. The third kappa shape index (κ3) is 4.70. The van der Waals surface area contributed by atoms with Gasteiger partial charge in [0, 0.05) is 42.3 Å². The maximum atomic E-state index is 13.2. The van der Waals surface area contributed by atoms with Crippen LogP contribution in [0, 0.1) is 15.5 Å². The Labute approximate surface area is 182 Å². The first-order valence-corrected chi connectivity index (χ1v) is 10.8. The number of rotatable bonds is 7. The number of Topliss-reactive ketones (excluding diaryl/α,β-unsaturated/α-hetero) is 1. The lowest BCUT2D eigenvalue weighted by molar-refractivity contribution is -0.384. The Morgan fingerprint density at radius 2 is 2.06 bits per heavy atom. The number of hydrogen-bond acceptors (Lipinski definition) is 6. The molecule has 0 saturated carbocycles. The summed E-state index contributed by atoms with van der Waals surface area (Å²) in [5.74, 6) is -0.790. The summed E-state index contributed by atoms with van der Waals surface area (Å²) < 4.78 is 5.59. The average molecular weight is 427 g/mol. The smallest absolute Gasteiger partial charge is 0.336 e. The van der Waals surface area contributed by atoms with Crippen LogP contribution in [0.5, 0.6) is 0 Å². The van der Waals surface area contributed by atoms with E-state index in [0.29, 0.717) is 29.9 Å². The number of unbranched alkanes of at least 4 members (excludes halogenated alkanes) is 2. The van der Waals surface area contributed by atoms with Crippen LogP contribution in [0.1, 0.15) is 71.3 Å².